The number of nitrogens with one attached hydrogen (secondary N) is 1. The molecule has 0 saturated heterocycles. The molecule has 0 aliphatic carbocycles. The maximum Gasteiger partial charge on any atom is 0.258 e. The molecular formula is C18H15F2N3OS2. The van der Waals surface area contributed by atoms with E-state index < -0.39 is 11.6 Å². The predicted molar refractivity (Wildman–Crippen MR) is 98.6 cm³/mol. The lowest BCUT2D eigenvalue weighted by Gasteiger charge is -2.25. The number of carbonyl (C=O) groups is 1. The smallest absolute Gasteiger partial charge is 0.258 e. The molecule has 2 aromatic heterocycles. The van der Waals surface area contributed by atoms with Gasteiger partial charge in [-0.25, -0.2) is 13.8 Å². The van der Waals surface area contributed by atoms with Crippen LogP contribution in [0.5, 0.6) is 0 Å². The van der Waals surface area contributed by atoms with Crippen molar-refractivity contribution in [1.82, 2.24) is 9.88 Å². The van der Waals surface area contributed by atoms with Crippen LogP contribution in [0.3, 0.4) is 0 Å². The molecule has 0 saturated carbocycles. The molecule has 4 rings (SSSR count). The highest BCUT2D eigenvalue weighted by Gasteiger charge is 2.22. The second-order valence-corrected chi connectivity index (χ2v) is 7.93. The van der Waals surface area contributed by atoms with Gasteiger partial charge < -0.3 is 0 Å². The van der Waals surface area contributed by atoms with Gasteiger partial charge in [-0.2, -0.15) is 11.3 Å². The van der Waals surface area contributed by atoms with Gasteiger partial charge in [0.05, 0.1) is 11.3 Å². The molecule has 1 aromatic carbocycles. The van der Waals surface area contributed by atoms with Crippen molar-refractivity contribution < 1.29 is 13.6 Å². The molecule has 1 aliphatic rings. The third-order valence-corrected chi connectivity index (χ3v) is 5.89. The highest BCUT2D eigenvalue weighted by Crippen LogP contribution is 2.29. The number of halogens is 2. The summed E-state index contributed by atoms with van der Waals surface area (Å²) in [6.45, 7) is 2.01. The van der Waals surface area contributed by atoms with E-state index in [-0.39, 0.29) is 5.91 Å². The molecule has 3 heterocycles. The molecule has 0 spiro atoms. The van der Waals surface area contributed by atoms with E-state index >= 15 is 0 Å². The average molecular weight is 391 g/mol. The Hall–Kier alpha value is -2.16. The number of benzene rings is 1. The second kappa shape index (κ2) is 7.22. The summed E-state index contributed by atoms with van der Waals surface area (Å²) in [5.41, 5.74) is 2.36. The zero-order chi connectivity index (χ0) is 18.1. The number of amides is 1. The Bertz CT molecular complexity index is 940. The number of thiophene rings is 1. The lowest BCUT2D eigenvalue weighted by Crippen LogP contribution is -2.29. The lowest BCUT2D eigenvalue weighted by atomic mass is 10.1. The molecule has 4 nitrogen and oxygen atoms in total. The van der Waals surface area contributed by atoms with Crippen LogP contribution in [-0.4, -0.2) is 22.3 Å². The zero-order valence-corrected chi connectivity index (χ0v) is 15.3. The van der Waals surface area contributed by atoms with Gasteiger partial charge in [-0.15, -0.1) is 11.3 Å². The summed E-state index contributed by atoms with van der Waals surface area (Å²) >= 11 is 2.94. The van der Waals surface area contributed by atoms with Crippen LogP contribution in [0.2, 0.25) is 0 Å². The normalized spacial score (nSPS) is 14.2. The van der Waals surface area contributed by atoms with E-state index in [9.17, 15) is 13.6 Å². The third kappa shape index (κ3) is 3.67. The molecule has 8 heteroatoms. The Morgan fingerprint density at radius 3 is 2.92 bits per heavy atom. The van der Waals surface area contributed by atoms with Crippen molar-refractivity contribution in [2.45, 2.75) is 19.5 Å². The Labute approximate surface area is 157 Å². The molecule has 1 aliphatic heterocycles. The number of carbonyl (C=O) groups excluding carboxylic acids is 1. The zero-order valence-electron chi connectivity index (χ0n) is 13.7. The number of anilines is 1. The van der Waals surface area contributed by atoms with E-state index in [1.807, 2.05) is 5.38 Å². The molecule has 0 bridgehead atoms. The maximum atomic E-state index is 13.4. The van der Waals surface area contributed by atoms with Gasteiger partial charge in [0.2, 0.25) is 0 Å². The van der Waals surface area contributed by atoms with Crippen LogP contribution in [0.4, 0.5) is 13.9 Å². The van der Waals surface area contributed by atoms with Crippen LogP contribution < -0.4 is 5.32 Å². The number of thiazole rings is 1. The summed E-state index contributed by atoms with van der Waals surface area (Å²) in [5, 5.41) is 7.10. The van der Waals surface area contributed by atoms with Crippen molar-refractivity contribution in [3.05, 3.63) is 68.4 Å². The van der Waals surface area contributed by atoms with Gasteiger partial charge in [0.1, 0.15) is 0 Å². The number of hydrogen-bond acceptors (Lipinski definition) is 5. The summed E-state index contributed by atoms with van der Waals surface area (Å²) in [5.74, 6) is -1.81. The second-order valence-electron chi connectivity index (χ2n) is 6.06. The van der Waals surface area contributed by atoms with Gasteiger partial charge >= 0.3 is 0 Å². The molecule has 26 heavy (non-hydrogen) atoms. The van der Waals surface area contributed by atoms with E-state index in [1.54, 1.807) is 17.5 Å². The minimum atomic E-state index is -0.830. The first-order chi connectivity index (χ1) is 12.6. The van der Waals surface area contributed by atoms with Gasteiger partial charge in [-0.05, 0) is 29.1 Å². The lowest BCUT2D eigenvalue weighted by molar-refractivity contribution is 0.102. The SMILES string of the molecule is O=C(Nc1nc2c(s1)CN(Cc1ccc(F)c(F)c1)CC2)c1ccsc1. The van der Waals surface area contributed by atoms with E-state index in [0.29, 0.717) is 23.8 Å². The van der Waals surface area contributed by atoms with Gasteiger partial charge in [0.25, 0.3) is 5.91 Å². The highest BCUT2D eigenvalue weighted by atomic mass is 32.1. The van der Waals surface area contributed by atoms with E-state index in [0.717, 1.165) is 35.2 Å². The Morgan fingerprint density at radius 1 is 1.27 bits per heavy atom. The first-order valence-electron chi connectivity index (χ1n) is 8.07. The molecule has 3 aromatic rings. The summed E-state index contributed by atoms with van der Waals surface area (Å²) in [7, 11) is 0. The Balaban J connectivity index is 1.43. The monoisotopic (exact) mass is 391 g/mol. The Morgan fingerprint density at radius 2 is 2.15 bits per heavy atom. The fourth-order valence-corrected chi connectivity index (χ4v) is 4.58. The molecule has 1 N–H and O–H groups in total. The van der Waals surface area contributed by atoms with Crippen LogP contribution in [0.15, 0.2) is 35.0 Å². The molecule has 0 unspecified atom stereocenters. The van der Waals surface area contributed by atoms with Crippen LogP contribution >= 0.6 is 22.7 Å². The average Bonchev–Trinajstić information content (AvgIpc) is 3.27. The van der Waals surface area contributed by atoms with Gasteiger partial charge in [-0.1, -0.05) is 6.07 Å². The highest BCUT2D eigenvalue weighted by molar-refractivity contribution is 7.16. The number of aromatic nitrogens is 1. The van der Waals surface area contributed by atoms with Crippen molar-refractivity contribution in [1.29, 1.82) is 0 Å². The largest absolute Gasteiger partial charge is 0.298 e. The van der Waals surface area contributed by atoms with Crippen molar-refractivity contribution in [3.63, 3.8) is 0 Å². The van der Waals surface area contributed by atoms with Crippen molar-refractivity contribution >= 4 is 33.7 Å². The molecule has 0 radical (unpaired) electrons. The topological polar surface area (TPSA) is 45.2 Å². The summed E-state index contributed by atoms with van der Waals surface area (Å²) in [4.78, 5) is 19.9. The summed E-state index contributed by atoms with van der Waals surface area (Å²) < 4.78 is 26.4. The number of hydrogen-bond donors (Lipinski definition) is 1. The molecule has 0 atom stereocenters. The van der Waals surface area contributed by atoms with Crippen LogP contribution in [0.1, 0.15) is 26.5 Å². The molecule has 134 valence electrons. The van der Waals surface area contributed by atoms with Crippen molar-refractivity contribution in [3.8, 4) is 0 Å². The van der Waals surface area contributed by atoms with E-state index in [1.165, 1.54) is 28.7 Å². The first kappa shape index (κ1) is 17.3. The van der Waals surface area contributed by atoms with Gasteiger partial charge in [0, 0.05) is 36.3 Å². The number of fused-ring (bicyclic) bond motifs is 1. The van der Waals surface area contributed by atoms with Gasteiger partial charge in [-0.3, -0.25) is 15.0 Å². The van der Waals surface area contributed by atoms with Crippen LogP contribution in [-0.2, 0) is 19.5 Å². The number of nitrogens with zero attached hydrogens (tertiary/aromatic N) is 2. The van der Waals surface area contributed by atoms with Crippen LogP contribution in [0.25, 0.3) is 0 Å². The molecular weight excluding hydrogens is 376 g/mol. The van der Waals surface area contributed by atoms with Gasteiger partial charge in [0.15, 0.2) is 16.8 Å². The minimum absolute atomic E-state index is 0.156. The number of rotatable bonds is 4. The Kier molecular flexibility index (Phi) is 4.80. The van der Waals surface area contributed by atoms with E-state index in [4.69, 9.17) is 0 Å². The fraction of sp³-hybridized carbons (Fsp3) is 0.222. The maximum absolute atomic E-state index is 13.4. The van der Waals surface area contributed by atoms with E-state index in [2.05, 4.69) is 15.2 Å². The first-order valence-corrected chi connectivity index (χ1v) is 9.83. The summed E-state index contributed by atoms with van der Waals surface area (Å²) in [6, 6.07) is 5.78. The molecule has 1 amide bonds. The van der Waals surface area contributed by atoms with Crippen LogP contribution in [0, 0.1) is 11.6 Å². The van der Waals surface area contributed by atoms with Crippen molar-refractivity contribution in [2.24, 2.45) is 0 Å². The quantitative estimate of drug-likeness (QED) is 0.722. The predicted octanol–water partition coefficient (Wildman–Crippen LogP) is 4.29. The minimum Gasteiger partial charge on any atom is -0.298 e. The fourth-order valence-electron chi connectivity index (χ4n) is 2.90. The standard InChI is InChI=1S/C18H15F2N3OS2/c19-13-2-1-11(7-14(13)20)8-23-5-3-15-16(9-23)26-18(21-15)22-17(24)12-4-6-25-10-12/h1-2,4,6-7,10H,3,5,8-9H2,(H,21,22,24). The molecule has 0 fully saturated rings. The third-order valence-electron chi connectivity index (χ3n) is 4.20. The summed E-state index contributed by atoms with van der Waals surface area (Å²) in [6.07, 6.45) is 0.768. The van der Waals surface area contributed by atoms with Crippen molar-refractivity contribution in [2.75, 3.05) is 11.9 Å².